The van der Waals surface area contributed by atoms with Gasteiger partial charge in [-0.2, -0.15) is 8.78 Å². The number of nitrogens with zero attached hydrogens (tertiary/aromatic N) is 1. The van der Waals surface area contributed by atoms with E-state index in [0.29, 0.717) is 9.90 Å². The number of nitrogens with one attached hydrogen (secondary N) is 1. The summed E-state index contributed by atoms with van der Waals surface area (Å²) in [6, 6.07) is 7.08. The van der Waals surface area contributed by atoms with Gasteiger partial charge in [-0.15, -0.1) is 11.3 Å². The second-order valence-corrected chi connectivity index (χ2v) is 9.05. The standard InChI is InChI=1S/C18H12Cl2F2N2O4S2/c19-13-8-11(14(20)30-13)15(25)23-5-6-24-16(26)12(29-18(24)27)7-9-1-3-10(4-2-9)28-17(21)22/h1-4,7-8,17H,5-6H2,(H,23,25)/b12-7-. The van der Waals surface area contributed by atoms with Gasteiger partial charge in [-0.25, -0.2) is 0 Å². The van der Waals surface area contributed by atoms with Crippen molar-refractivity contribution < 1.29 is 27.9 Å². The van der Waals surface area contributed by atoms with E-state index in [9.17, 15) is 23.2 Å². The van der Waals surface area contributed by atoms with Gasteiger partial charge in [0.1, 0.15) is 10.1 Å². The van der Waals surface area contributed by atoms with E-state index in [1.54, 1.807) is 0 Å². The van der Waals surface area contributed by atoms with E-state index >= 15 is 0 Å². The number of carbonyl (C=O) groups is 3. The van der Waals surface area contributed by atoms with Crippen molar-refractivity contribution in [2.24, 2.45) is 0 Å². The fraction of sp³-hybridized carbons (Fsp3) is 0.167. The molecule has 0 atom stereocenters. The van der Waals surface area contributed by atoms with Gasteiger partial charge < -0.3 is 10.1 Å². The van der Waals surface area contributed by atoms with Gasteiger partial charge in [-0.3, -0.25) is 19.3 Å². The maximum atomic E-state index is 12.5. The summed E-state index contributed by atoms with van der Waals surface area (Å²) in [6.45, 7) is -2.92. The predicted molar refractivity (Wildman–Crippen MR) is 112 cm³/mol. The van der Waals surface area contributed by atoms with Crippen LogP contribution < -0.4 is 10.1 Å². The molecule has 2 heterocycles. The molecule has 3 amide bonds. The molecule has 0 unspecified atom stereocenters. The molecule has 0 bridgehead atoms. The average molecular weight is 493 g/mol. The summed E-state index contributed by atoms with van der Waals surface area (Å²) in [6.07, 6.45) is 1.47. The molecule has 0 saturated carbocycles. The number of rotatable bonds is 7. The first-order chi connectivity index (χ1) is 14.2. The van der Waals surface area contributed by atoms with Crippen LogP contribution in [0.5, 0.6) is 5.75 Å². The van der Waals surface area contributed by atoms with Crippen LogP contribution in [-0.2, 0) is 4.79 Å². The molecule has 158 valence electrons. The quantitative estimate of drug-likeness (QED) is 0.542. The number of thioether (sulfide) groups is 1. The van der Waals surface area contributed by atoms with Gasteiger partial charge in [0.25, 0.3) is 17.1 Å². The Morgan fingerprint density at radius 3 is 2.53 bits per heavy atom. The average Bonchev–Trinajstić information content (AvgIpc) is 3.15. The number of ether oxygens (including phenoxy) is 1. The molecule has 0 radical (unpaired) electrons. The lowest BCUT2D eigenvalue weighted by molar-refractivity contribution is -0.122. The lowest BCUT2D eigenvalue weighted by Crippen LogP contribution is -2.37. The van der Waals surface area contributed by atoms with E-state index in [1.807, 2.05) is 0 Å². The summed E-state index contributed by atoms with van der Waals surface area (Å²) >= 11 is 13.5. The van der Waals surface area contributed by atoms with Crippen molar-refractivity contribution in [1.82, 2.24) is 10.2 Å². The van der Waals surface area contributed by atoms with E-state index in [0.717, 1.165) is 28.0 Å². The van der Waals surface area contributed by atoms with Crippen LogP contribution in [0.3, 0.4) is 0 Å². The second kappa shape index (κ2) is 9.78. The molecule has 1 aromatic heterocycles. The Bertz CT molecular complexity index is 1010. The van der Waals surface area contributed by atoms with E-state index in [2.05, 4.69) is 10.1 Å². The third-order valence-electron chi connectivity index (χ3n) is 3.80. The van der Waals surface area contributed by atoms with Crippen LogP contribution in [0, 0.1) is 0 Å². The molecule has 2 aromatic rings. The summed E-state index contributed by atoms with van der Waals surface area (Å²) in [4.78, 5) is 37.9. The van der Waals surface area contributed by atoms with E-state index in [1.165, 1.54) is 36.4 Å². The molecule has 12 heteroatoms. The number of imide groups is 1. The first-order valence-electron chi connectivity index (χ1n) is 8.28. The van der Waals surface area contributed by atoms with Gasteiger partial charge in [-0.1, -0.05) is 35.3 Å². The predicted octanol–water partition coefficient (Wildman–Crippen LogP) is 5.12. The minimum absolute atomic E-state index is 0.0157. The van der Waals surface area contributed by atoms with E-state index in [4.69, 9.17) is 23.2 Å². The highest BCUT2D eigenvalue weighted by Gasteiger charge is 2.34. The minimum atomic E-state index is -2.93. The van der Waals surface area contributed by atoms with Crippen molar-refractivity contribution in [2.75, 3.05) is 13.1 Å². The molecule has 0 aliphatic carbocycles. The second-order valence-electron chi connectivity index (χ2n) is 5.77. The SMILES string of the molecule is O=C(NCCN1C(=O)S/C(=C\c2ccc(OC(F)F)cc2)C1=O)c1cc(Cl)sc1Cl. The highest BCUT2D eigenvalue weighted by Crippen LogP contribution is 2.33. The molecule has 1 aromatic carbocycles. The zero-order chi connectivity index (χ0) is 21.8. The van der Waals surface area contributed by atoms with Crippen LogP contribution in [0.25, 0.3) is 6.08 Å². The molecule has 0 spiro atoms. The number of thiophene rings is 1. The molecule has 6 nitrogen and oxygen atoms in total. The summed E-state index contributed by atoms with van der Waals surface area (Å²) in [5.41, 5.74) is 0.763. The summed E-state index contributed by atoms with van der Waals surface area (Å²) in [5.74, 6) is -0.987. The number of hydrogen-bond donors (Lipinski definition) is 1. The maximum Gasteiger partial charge on any atom is 0.387 e. The Balaban J connectivity index is 1.58. The summed E-state index contributed by atoms with van der Waals surface area (Å²) < 4.78 is 29.3. The van der Waals surface area contributed by atoms with Crippen LogP contribution in [-0.4, -0.2) is 41.7 Å². The topological polar surface area (TPSA) is 75.7 Å². The van der Waals surface area contributed by atoms with Crippen molar-refractivity contribution in [1.29, 1.82) is 0 Å². The third-order valence-corrected chi connectivity index (χ3v) is 6.19. The Hall–Kier alpha value is -2.14. The van der Waals surface area contributed by atoms with Gasteiger partial charge >= 0.3 is 6.61 Å². The van der Waals surface area contributed by atoms with E-state index < -0.39 is 23.7 Å². The van der Waals surface area contributed by atoms with Crippen LogP contribution in [0.2, 0.25) is 8.67 Å². The van der Waals surface area contributed by atoms with E-state index in [-0.39, 0.29) is 33.6 Å². The van der Waals surface area contributed by atoms with Crippen LogP contribution in [0.1, 0.15) is 15.9 Å². The number of amides is 3. The lowest BCUT2D eigenvalue weighted by Gasteiger charge is -2.12. The highest BCUT2D eigenvalue weighted by molar-refractivity contribution is 8.18. The van der Waals surface area contributed by atoms with Crippen molar-refractivity contribution in [3.63, 3.8) is 0 Å². The molecule has 1 fully saturated rings. The molecule has 1 aliphatic heterocycles. The summed E-state index contributed by atoms with van der Waals surface area (Å²) in [5, 5.41) is 2.10. The summed E-state index contributed by atoms with van der Waals surface area (Å²) in [7, 11) is 0. The monoisotopic (exact) mass is 492 g/mol. The third kappa shape index (κ3) is 5.51. The zero-order valence-corrected chi connectivity index (χ0v) is 18.0. The van der Waals surface area contributed by atoms with Crippen molar-refractivity contribution in [3.05, 3.63) is 55.0 Å². The van der Waals surface area contributed by atoms with Gasteiger partial charge in [-0.05, 0) is 41.6 Å². The highest BCUT2D eigenvalue weighted by atomic mass is 35.5. The van der Waals surface area contributed by atoms with Gasteiger partial charge in [0.15, 0.2) is 0 Å². The molecule has 30 heavy (non-hydrogen) atoms. The molecular weight excluding hydrogens is 481 g/mol. The van der Waals surface area contributed by atoms with Crippen molar-refractivity contribution in [3.8, 4) is 5.75 Å². The molecule has 3 rings (SSSR count). The number of benzene rings is 1. The largest absolute Gasteiger partial charge is 0.435 e. The van der Waals surface area contributed by atoms with Crippen LogP contribution >= 0.6 is 46.3 Å². The molecule has 1 N–H and O–H groups in total. The Morgan fingerprint density at radius 1 is 1.23 bits per heavy atom. The maximum absolute atomic E-state index is 12.5. The Kier molecular flexibility index (Phi) is 7.35. The fourth-order valence-electron chi connectivity index (χ4n) is 2.46. The number of carbonyl (C=O) groups excluding carboxylic acids is 3. The Morgan fingerprint density at radius 2 is 1.93 bits per heavy atom. The molecule has 1 saturated heterocycles. The molecule has 1 aliphatic rings. The lowest BCUT2D eigenvalue weighted by atomic mass is 10.2. The van der Waals surface area contributed by atoms with Gasteiger partial charge in [0.2, 0.25) is 0 Å². The van der Waals surface area contributed by atoms with Gasteiger partial charge in [0.05, 0.1) is 14.8 Å². The Labute approximate surface area is 187 Å². The van der Waals surface area contributed by atoms with Crippen molar-refractivity contribution in [2.45, 2.75) is 6.61 Å². The number of hydrogen-bond acceptors (Lipinski definition) is 6. The minimum Gasteiger partial charge on any atom is -0.435 e. The van der Waals surface area contributed by atoms with Crippen LogP contribution in [0.4, 0.5) is 13.6 Å². The number of halogens is 4. The van der Waals surface area contributed by atoms with Crippen molar-refractivity contribution >= 4 is 69.4 Å². The van der Waals surface area contributed by atoms with Crippen LogP contribution in [0.15, 0.2) is 35.2 Å². The molecular formula is C18H12Cl2F2N2O4S2. The zero-order valence-electron chi connectivity index (χ0n) is 14.9. The fourth-order valence-corrected chi connectivity index (χ4v) is 4.78. The normalized spacial score (nSPS) is 15.4. The smallest absolute Gasteiger partial charge is 0.387 e. The first-order valence-corrected chi connectivity index (χ1v) is 10.7. The van der Waals surface area contributed by atoms with Gasteiger partial charge in [0, 0.05) is 13.1 Å². The first kappa shape index (κ1) is 22.5. The number of alkyl halides is 2.